The van der Waals surface area contributed by atoms with Crippen LogP contribution in [0.4, 0.5) is 0 Å². The van der Waals surface area contributed by atoms with Crippen LogP contribution in [0, 0.1) is 5.92 Å². The van der Waals surface area contributed by atoms with E-state index in [1.165, 1.54) is 0 Å². The van der Waals surface area contributed by atoms with Crippen LogP contribution >= 0.6 is 0 Å². The van der Waals surface area contributed by atoms with Crippen LogP contribution < -0.4 is 10.6 Å². The van der Waals surface area contributed by atoms with Crippen LogP contribution in [0.25, 0.3) is 0 Å². The van der Waals surface area contributed by atoms with E-state index < -0.39 is 21.8 Å². The number of nitrogens with zero attached hydrogens (tertiary/aromatic N) is 1. The highest BCUT2D eigenvalue weighted by Gasteiger charge is 2.41. The Kier molecular flexibility index (Phi) is 5.96. The van der Waals surface area contributed by atoms with E-state index in [1.54, 1.807) is 4.31 Å². The SMILES string of the molecule is O=C(NCC1CCN(S(=O)(=O)C2CC2)CC1)C(=O)NC[C@@H]1CCCO1. The summed E-state index contributed by atoms with van der Waals surface area (Å²) in [6.45, 7) is 2.49. The van der Waals surface area contributed by atoms with Gasteiger partial charge in [0.2, 0.25) is 10.0 Å². The van der Waals surface area contributed by atoms with Crippen molar-refractivity contribution in [2.45, 2.75) is 49.9 Å². The summed E-state index contributed by atoms with van der Waals surface area (Å²) < 4.78 is 31.3. The smallest absolute Gasteiger partial charge is 0.309 e. The fraction of sp³-hybridized carbons (Fsp3) is 0.875. The van der Waals surface area contributed by atoms with Crippen molar-refractivity contribution in [3.05, 3.63) is 0 Å². The first-order valence-corrected chi connectivity index (χ1v) is 10.6. The van der Waals surface area contributed by atoms with Crippen molar-refractivity contribution >= 4 is 21.8 Å². The topological polar surface area (TPSA) is 105 Å². The minimum absolute atomic E-state index is 0.00879. The van der Waals surface area contributed by atoms with E-state index in [4.69, 9.17) is 4.74 Å². The predicted octanol–water partition coefficient (Wildman–Crippen LogP) is -0.398. The second-order valence-electron chi connectivity index (χ2n) is 7.14. The van der Waals surface area contributed by atoms with Crippen molar-refractivity contribution in [1.29, 1.82) is 0 Å². The van der Waals surface area contributed by atoms with Gasteiger partial charge in [0, 0.05) is 32.8 Å². The Bertz CT molecular complexity index is 591. The van der Waals surface area contributed by atoms with Gasteiger partial charge in [-0.1, -0.05) is 0 Å². The lowest BCUT2D eigenvalue weighted by molar-refractivity contribution is -0.139. The molecule has 0 aromatic heterocycles. The van der Waals surface area contributed by atoms with Crippen LogP contribution in [-0.4, -0.2) is 68.7 Å². The van der Waals surface area contributed by atoms with Crippen molar-refractivity contribution in [1.82, 2.24) is 14.9 Å². The van der Waals surface area contributed by atoms with E-state index in [0.29, 0.717) is 45.6 Å². The first kappa shape index (κ1) is 18.6. The Labute approximate surface area is 148 Å². The number of piperidine rings is 1. The normalized spacial score (nSPS) is 25.7. The molecule has 9 heteroatoms. The van der Waals surface area contributed by atoms with Gasteiger partial charge in [0.25, 0.3) is 0 Å². The van der Waals surface area contributed by atoms with Crippen molar-refractivity contribution in [2.24, 2.45) is 5.92 Å². The molecule has 2 N–H and O–H groups in total. The van der Waals surface area contributed by atoms with Gasteiger partial charge in [-0.15, -0.1) is 0 Å². The van der Waals surface area contributed by atoms with Crippen molar-refractivity contribution in [2.75, 3.05) is 32.8 Å². The summed E-state index contributed by atoms with van der Waals surface area (Å²) in [4.78, 5) is 23.6. The molecular formula is C16H27N3O5S. The molecule has 2 aliphatic heterocycles. The van der Waals surface area contributed by atoms with E-state index >= 15 is 0 Å². The largest absolute Gasteiger partial charge is 0.376 e. The number of hydrogen-bond acceptors (Lipinski definition) is 5. The average Bonchev–Trinajstić information content (AvgIpc) is 3.36. The maximum Gasteiger partial charge on any atom is 0.309 e. The summed E-state index contributed by atoms with van der Waals surface area (Å²) in [6.07, 6.45) is 4.88. The van der Waals surface area contributed by atoms with Crippen LogP contribution in [0.15, 0.2) is 0 Å². The van der Waals surface area contributed by atoms with Gasteiger partial charge in [-0.25, -0.2) is 12.7 Å². The predicted molar refractivity (Wildman–Crippen MR) is 91.2 cm³/mol. The minimum atomic E-state index is -3.10. The molecule has 2 heterocycles. The summed E-state index contributed by atoms with van der Waals surface area (Å²) >= 11 is 0. The maximum atomic E-state index is 12.2. The van der Waals surface area contributed by atoms with Crippen molar-refractivity contribution < 1.29 is 22.7 Å². The van der Waals surface area contributed by atoms with Crippen LogP contribution in [0.5, 0.6) is 0 Å². The monoisotopic (exact) mass is 373 g/mol. The minimum Gasteiger partial charge on any atom is -0.376 e. The highest BCUT2D eigenvalue weighted by molar-refractivity contribution is 7.90. The van der Waals surface area contributed by atoms with Gasteiger partial charge in [-0.3, -0.25) is 9.59 Å². The number of sulfonamides is 1. The molecule has 1 atom stereocenters. The van der Waals surface area contributed by atoms with Crippen LogP contribution in [-0.2, 0) is 24.3 Å². The third-order valence-corrected chi connectivity index (χ3v) is 7.55. The highest BCUT2D eigenvalue weighted by atomic mass is 32.2. The first-order chi connectivity index (χ1) is 12.0. The third kappa shape index (κ3) is 4.92. The second kappa shape index (κ2) is 8.01. The molecule has 3 rings (SSSR count). The lowest BCUT2D eigenvalue weighted by Gasteiger charge is -2.31. The molecule has 1 aliphatic carbocycles. The molecule has 3 fully saturated rings. The molecule has 2 amide bonds. The number of nitrogens with one attached hydrogen (secondary N) is 2. The maximum absolute atomic E-state index is 12.2. The zero-order valence-corrected chi connectivity index (χ0v) is 15.2. The van der Waals surface area contributed by atoms with E-state index in [2.05, 4.69) is 10.6 Å². The Morgan fingerprint density at radius 2 is 1.60 bits per heavy atom. The van der Waals surface area contributed by atoms with Crippen LogP contribution in [0.3, 0.4) is 0 Å². The number of amides is 2. The lowest BCUT2D eigenvalue weighted by atomic mass is 9.98. The number of ether oxygens (including phenoxy) is 1. The molecule has 0 unspecified atom stereocenters. The molecule has 25 heavy (non-hydrogen) atoms. The first-order valence-electron chi connectivity index (χ1n) is 9.13. The molecule has 0 radical (unpaired) electrons. The number of hydrogen-bond donors (Lipinski definition) is 2. The molecule has 0 spiro atoms. The van der Waals surface area contributed by atoms with Crippen molar-refractivity contribution in [3.8, 4) is 0 Å². The highest BCUT2D eigenvalue weighted by Crippen LogP contribution is 2.32. The molecular weight excluding hydrogens is 346 g/mol. The zero-order chi connectivity index (χ0) is 17.9. The van der Waals surface area contributed by atoms with Crippen LogP contribution in [0.1, 0.15) is 38.5 Å². The molecule has 0 aromatic rings. The molecule has 8 nitrogen and oxygen atoms in total. The summed E-state index contributed by atoms with van der Waals surface area (Å²) in [5, 5.41) is 5.08. The fourth-order valence-electron chi connectivity index (χ4n) is 3.35. The summed E-state index contributed by atoms with van der Waals surface area (Å²) in [5.74, 6) is -1.06. The molecule has 3 aliphatic rings. The van der Waals surface area contributed by atoms with Gasteiger partial charge in [0.15, 0.2) is 0 Å². The summed E-state index contributed by atoms with van der Waals surface area (Å²) in [6, 6.07) is 0. The summed E-state index contributed by atoms with van der Waals surface area (Å²) in [5.41, 5.74) is 0. The van der Waals surface area contributed by atoms with Crippen LogP contribution in [0.2, 0.25) is 0 Å². The van der Waals surface area contributed by atoms with E-state index in [0.717, 1.165) is 25.7 Å². The van der Waals surface area contributed by atoms with Gasteiger partial charge in [-0.2, -0.15) is 0 Å². The standard InChI is InChI=1S/C16H27N3O5S/c20-15(16(21)18-11-13-2-1-9-24-13)17-10-12-5-7-19(8-6-12)25(22,23)14-3-4-14/h12-14H,1-11H2,(H,17,20)(H,18,21)/t13-/m0/s1. The second-order valence-corrected chi connectivity index (χ2v) is 9.35. The molecule has 1 saturated carbocycles. The van der Waals surface area contributed by atoms with Gasteiger partial charge in [-0.05, 0) is 44.4 Å². The van der Waals surface area contributed by atoms with Gasteiger partial charge < -0.3 is 15.4 Å². The van der Waals surface area contributed by atoms with Gasteiger partial charge in [0.05, 0.1) is 11.4 Å². The van der Waals surface area contributed by atoms with E-state index in [9.17, 15) is 18.0 Å². The van der Waals surface area contributed by atoms with Gasteiger partial charge >= 0.3 is 11.8 Å². The Morgan fingerprint density at radius 3 is 2.16 bits per heavy atom. The Morgan fingerprint density at radius 1 is 0.960 bits per heavy atom. The molecule has 0 aromatic carbocycles. The number of rotatable bonds is 6. The number of carbonyl (C=O) groups excluding carboxylic acids is 2. The molecule has 0 bridgehead atoms. The average molecular weight is 373 g/mol. The summed E-state index contributed by atoms with van der Waals surface area (Å²) in [7, 11) is -3.10. The molecule has 142 valence electrons. The lowest BCUT2D eigenvalue weighted by Crippen LogP contribution is -2.46. The third-order valence-electron chi connectivity index (χ3n) is 5.15. The quantitative estimate of drug-likeness (QED) is 0.617. The Hall–Kier alpha value is -1.19. The fourth-order valence-corrected chi connectivity index (χ4v) is 5.23. The van der Waals surface area contributed by atoms with E-state index in [-0.39, 0.29) is 17.3 Å². The van der Waals surface area contributed by atoms with E-state index in [1.807, 2.05) is 0 Å². The Balaban J connectivity index is 1.33. The van der Waals surface area contributed by atoms with Crippen molar-refractivity contribution in [3.63, 3.8) is 0 Å². The zero-order valence-electron chi connectivity index (χ0n) is 14.4. The molecule has 2 saturated heterocycles. The number of carbonyl (C=O) groups is 2. The van der Waals surface area contributed by atoms with Gasteiger partial charge in [0.1, 0.15) is 0 Å².